The van der Waals surface area contributed by atoms with Gasteiger partial charge >= 0.3 is 0 Å². The predicted octanol–water partition coefficient (Wildman–Crippen LogP) is 1.69. The van der Waals surface area contributed by atoms with Crippen LogP contribution in [0.1, 0.15) is 35.6 Å². The topological polar surface area (TPSA) is 186 Å². The van der Waals surface area contributed by atoms with Gasteiger partial charge in [0.2, 0.25) is 11.6 Å². The van der Waals surface area contributed by atoms with Gasteiger partial charge < -0.3 is 41.5 Å². The number of hydrogen-bond donors (Lipinski definition) is 6. The number of primary amides is 1. The third kappa shape index (κ3) is 4.10. The van der Waals surface area contributed by atoms with Crippen molar-refractivity contribution in [3.8, 4) is 5.75 Å². The van der Waals surface area contributed by atoms with E-state index in [-0.39, 0.29) is 29.7 Å². The number of phenols is 1. The van der Waals surface area contributed by atoms with Crippen molar-refractivity contribution in [1.82, 2.24) is 4.90 Å². The Labute approximate surface area is 256 Å². The third-order valence-electron chi connectivity index (χ3n) is 9.81. The second kappa shape index (κ2) is 9.80. The number of epoxide rings is 1. The summed E-state index contributed by atoms with van der Waals surface area (Å²) < 4.78 is 5.75. The molecule has 4 aliphatic rings. The summed E-state index contributed by atoms with van der Waals surface area (Å²) in [4.78, 5) is 30.3. The average molecular weight is 605 g/mol. The quantitative estimate of drug-likeness (QED) is 0.254. The van der Waals surface area contributed by atoms with Gasteiger partial charge in [-0.25, -0.2) is 0 Å². The summed E-state index contributed by atoms with van der Waals surface area (Å²) >= 11 is 0. The molecule has 1 spiro atoms. The minimum atomic E-state index is -2.42. The maximum absolute atomic E-state index is 14.4. The van der Waals surface area contributed by atoms with Crippen molar-refractivity contribution in [1.29, 1.82) is 0 Å². The summed E-state index contributed by atoms with van der Waals surface area (Å²) in [5.74, 6) is -6.45. The van der Waals surface area contributed by atoms with E-state index >= 15 is 0 Å². The lowest BCUT2D eigenvalue weighted by Crippen LogP contribution is -2.60. The van der Waals surface area contributed by atoms with Gasteiger partial charge in [0.25, 0.3) is 5.91 Å². The van der Waals surface area contributed by atoms with Crippen LogP contribution in [0.25, 0.3) is 5.76 Å². The number of aliphatic hydroxyl groups is 3. The normalized spacial score (nSPS) is 30.3. The van der Waals surface area contributed by atoms with Gasteiger partial charge in [0, 0.05) is 36.8 Å². The zero-order valence-electron chi connectivity index (χ0n) is 25.6. The van der Waals surface area contributed by atoms with Crippen molar-refractivity contribution >= 4 is 23.1 Å². The number of hydrogen-bond acceptors (Lipinski definition) is 10. The van der Waals surface area contributed by atoms with Crippen LogP contribution < -0.4 is 16.4 Å². The molecule has 1 heterocycles. The molecule has 1 amide bonds. The first-order valence-electron chi connectivity index (χ1n) is 14.7. The van der Waals surface area contributed by atoms with Crippen LogP contribution in [0.15, 0.2) is 53.3 Å². The number of nitrogens with zero attached hydrogens (tertiary/aromatic N) is 2. The van der Waals surface area contributed by atoms with Gasteiger partial charge in [0.15, 0.2) is 5.60 Å². The highest BCUT2D eigenvalue weighted by molar-refractivity contribution is 6.14. The number of ether oxygens (including phenoxy) is 1. The summed E-state index contributed by atoms with van der Waals surface area (Å²) in [5, 5.41) is 46.1. The minimum Gasteiger partial charge on any atom is -0.510 e. The summed E-state index contributed by atoms with van der Waals surface area (Å²) in [7, 11) is 7.12. The molecule has 6 atom stereocenters. The van der Waals surface area contributed by atoms with Crippen molar-refractivity contribution < 1.29 is 34.8 Å². The summed E-state index contributed by atoms with van der Waals surface area (Å²) in [6.45, 7) is 1.90. The molecular formula is C33H40N4O7. The average Bonchev–Trinajstić information content (AvgIpc) is 3.55. The fourth-order valence-corrected chi connectivity index (χ4v) is 8.05. The van der Waals surface area contributed by atoms with Crippen LogP contribution in [-0.2, 0) is 33.6 Å². The molecule has 0 radical (unpaired) electrons. The predicted molar refractivity (Wildman–Crippen MR) is 164 cm³/mol. The van der Waals surface area contributed by atoms with Crippen LogP contribution in [0.5, 0.6) is 5.75 Å². The number of aliphatic hydroxyl groups excluding tert-OH is 2. The molecule has 2 aromatic carbocycles. The Hall–Kier alpha value is -3.90. The van der Waals surface area contributed by atoms with Gasteiger partial charge in [-0.2, -0.15) is 0 Å². The highest BCUT2D eigenvalue weighted by Crippen LogP contribution is 2.67. The molecule has 2 aromatic rings. The smallest absolute Gasteiger partial charge is 0.253 e. The number of likely N-dealkylation sites (N-methyl/N-ethyl adjacent to an activating group) is 1. The number of rotatable bonds is 7. The largest absolute Gasteiger partial charge is 0.510 e. The minimum absolute atomic E-state index is 0.0179. The Morgan fingerprint density at radius 1 is 1.11 bits per heavy atom. The standard InChI is InChI=1S/C33H40N4O7/c1-31(35,14-16-9-7-6-8-10-16)15-18-13-21(36(2)3)19-11-17-12-20-25(37(4)5)28(40)24(30(34)42)33(43)32(20,44-33)29(41)22(17)27(39)23(19)26(18)38/h6-10,13,17,20,25,38-40,43H,11-12,14-15,35H2,1-5H3,(H2,34,42)/t17-,20-,25-,31?,32-,33?/m0/s1. The summed E-state index contributed by atoms with van der Waals surface area (Å²) in [6, 6.07) is 10.8. The molecule has 1 saturated heterocycles. The Kier molecular flexibility index (Phi) is 6.71. The maximum atomic E-state index is 14.4. The Bertz CT molecular complexity index is 1650. The zero-order chi connectivity index (χ0) is 32.1. The van der Waals surface area contributed by atoms with E-state index in [2.05, 4.69) is 0 Å². The molecule has 2 fully saturated rings. The van der Waals surface area contributed by atoms with E-state index in [1.54, 1.807) is 19.0 Å². The number of phenolic OH excluding ortho intramolecular Hbond substituents is 1. The summed E-state index contributed by atoms with van der Waals surface area (Å²) in [6.07, 6.45) is 1.39. The highest BCUT2D eigenvalue weighted by atomic mass is 16.8. The molecule has 1 saturated carbocycles. The number of fused-ring (bicyclic) bond motifs is 2. The molecule has 11 heteroatoms. The van der Waals surface area contributed by atoms with Gasteiger partial charge in [0.05, 0.1) is 11.6 Å². The lowest BCUT2D eigenvalue weighted by atomic mass is 9.58. The maximum Gasteiger partial charge on any atom is 0.253 e. The van der Waals surface area contributed by atoms with Crippen molar-refractivity contribution in [3.63, 3.8) is 0 Å². The van der Waals surface area contributed by atoms with Crippen LogP contribution >= 0.6 is 0 Å². The second-order valence-corrected chi connectivity index (χ2v) is 13.5. The number of anilines is 1. The summed E-state index contributed by atoms with van der Waals surface area (Å²) in [5.41, 5.74) is 12.3. The number of benzene rings is 2. The van der Waals surface area contributed by atoms with Gasteiger partial charge in [-0.05, 0) is 75.4 Å². The molecule has 6 rings (SSSR count). The third-order valence-corrected chi connectivity index (χ3v) is 9.81. The van der Waals surface area contributed by atoms with Crippen molar-refractivity contribution in [2.24, 2.45) is 23.3 Å². The Morgan fingerprint density at radius 3 is 2.36 bits per heavy atom. The lowest BCUT2D eigenvalue weighted by Gasteiger charge is -2.46. The van der Waals surface area contributed by atoms with Crippen LogP contribution in [0.3, 0.4) is 0 Å². The van der Waals surface area contributed by atoms with E-state index in [1.807, 2.05) is 62.3 Å². The molecule has 0 bridgehead atoms. The number of Topliss-reactive ketones (excluding diaryl/α,β-unsaturated/α-hetero) is 1. The molecular weight excluding hydrogens is 564 g/mol. The van der Waals surface area contributed by atoms with E-state index in [0.717, 1.165) is 11.3 Å². The fraction of sp³-hybridized carbons (Fsp3) is 0.455. The molecule has 0 aromatic heterocycles. The molecule has 44 heavy (non-hydrogen) atoms. The molecule has 11 nitrogen and oxygen atoms in total. The van der Waals surface area contributed by atoms with Gasteiger partial charge in [0.1, 0.15) is 22.8 Å². The van der Waals surface area contributed by atoms with E-state index < -0.39 is 63.6 Å². The van der Waals surface area contributed by atoms with E-state index in [1.165, 1.54) is 0 Å². The molecule has 8 N–H and O–H groups in total. The lowest BCUT2D eigenvalue weighted by molar-refractivity contribution is -0.127. The van der Waals surface area contributed by atoms with Gasteiger partial charge in [-0.15, -0.1) is 0 Å². The monoisotopic (exact) mass is 604 g/mol. The van der Waals surface area contributed by atoms with E-state index in [4.69, 9.17) is 16.2 Å². The van der Waals surface area contributed by atoms with Crippen LogP contribution in [0, 0.1) is 11.8 Å². The molecule has 234 valence electrons. The first-order chi connectivity index (χ1) is 20.6. The molecule has 2 unspecified atom stereocenters. The van der Waals surface area contributed by atoms with Crippen molar-refractivity contribution in [2.45, 2.75) is 55.6 Å². The van der Waals surface area contributed by atoms with Crippen molar-refractivity contribution in [2.75, 3.05) is 33.1 Å². The zero-order valence-corrected chi connectivity index (χ0v) is 25.6. The van der Waals surface area contributed by atoms with Crippen molar-refractivity contribution in [3.05, 3.63) is 75.6 Å². The number of carbonyl (C=O) groups excluding carboxylic acids is 2. The van der Waals surface area contributed by atoms with Gasteiger partial charge in [-0.3, -0.25) is 14.5 Å². The van der Waals surface area contributed by atoms with Crippen LogP contribution in [-0.4, -0.2) is 88.2 Å². The SMILES string of the molecule is CN(C)c1cc(CC(C)(N)Cc2ccccc2)c(O)c2c1C[C@H]1C[C@H]3[C@H](N(C)C)C(O)=C(C(N)=O)C4(O)O[C@]34C(=O)C1=C2O. The highest BCUT2D eigenvalue weighted by Gasteiger charge is 2.86. The number of ketones is 1. The number of aromatic hydroxyl groups is 1. The first kappa shape index (κ1) is 30.1. The number of carbonyl (C=O) groups is 2. The Balaban J connectivity index is 1.47. The number of amides is 1. The first-order valence-corrected chi connectivity index (χ1v) is 14.7. The van der Waals surface area contributed by atoms with Crippen LogP contribution in [0.2, 0.25) is 0 Å². The van der Waals surface area contributed by atoms with E-state index in [9.17, 15) is 30.0 Å². The fourth-order valence-electron chi connectivity index (χ4n) is 8.05. The molecule has 3 aliphatic carbocycles. The van der Waals surface area contributed by atoms with Crippen LogP contribution in [0.4, 0.5) is 5.69 Å². The van der Waals surface area contributed by atoms with E-state index in [0.29, 0.717) is 24.0 Å². The Morgan fingerprint density at radius 2 is 1.77 bits per heavy atom. The second-order valence-electron chi connectivity index (χ2n) is 13.5. The molecule has 1 aliphatic heterocycles. The number of nitrogens with two attached hydrogens (primary N) is 2. The van der Waals surface area contributed by atoms with Gasteiger partial charge in [-0.1, -0.05) is 30.3 Å².